The van der Waals surface area contributed by atoms with Crippen molar-refractivity contribution in [3.63, 3.8) is 0 Å². The fraction of sp³-hybridized carbons (Fsp3) is 0.477. The molecule has 2 aromatic carbocycles. The molecule has 14 nitrogen and oxygen atoms in total. The zero-order valence-corrected chi connectivity index (χ0v) is 35.0. The summed E-state index contributed by atoms with van der Waals surface area (Å²) in [6.45, 7) is 8.78. The minimum absolute atomic E-state index is 0.00899. The van der Waals surface area contributed by atoms with E-state index >= 15 is 0 Å². The van der Waals surface area contributed by atoms with E-state index in [0.717, 1.165) is 18.4 Å². The first-order chi connectivity index (χ1) is 28.0. The number of nitrogens with one attached hydrogen (secondary N) is 1. The fourth-order valence-corrected chi connectivity index (χ4v) is 7.90. The molecular weight excluding hydrogens is 777 g/mol. The van der Waals surface area contributed by atoms with E-state index in [-0.39, 0.29) is 48.8 Å². The van der Waals surface area contributed by atoms with Crippen molar-refractivity contribution >= 4 is 34.0 Å². The second-order valence-corrected chi connectivity index (χ2v) is 17.6. The summed E-state index contributed by atoms with van der Waals surface area (Å²) in [6.07, 6.45) is 5.85. The molecule has 2 N–H and O–H groups in total. The predicted octanol–water partition coefficient (Wildman–Crippen LogP) is 5.87. The number of aryl methyl sites for hydroxylation is 1. The Labute approximate surface area is 346 Å². The highest BCUT2D eigenvalue weighted by atomic mass is 32.2. The van der Waals surface area contributed by atoms with Crippen molar-refractivity contribution in [2.24, 2.45) is 11.8 Å². The third-order valence-corrected chi connectivity index (χ3v) is 11.5. The third kappa shape index (κ3) is 14.1. The third-order valence-electron chi connectivity index (χ3n) is 10.2. The number of piperidine rings is 2. The summed E-state index contributed by atoms with van der Waals surface area (Å²) >= 11 is 0. The molecule has 3 heterocycles. The molecule has 3 aromatic rings. The average Bonchev–Trinajstić information content (AvgIpc) is 3.20. The summed E-state index contributed by atoms with van der Waals surface area (Å²) in [6, 6.07) is 14.4. The Morgan fingerprint density at radius 3 is 2.37 bits per heavy atom. The van der Waals surface area contributed by atoms with Crippen molar-refractivity contribution in [2.45, 2.75) is 89.2 Å². The number of rotatable bonds is 14. The lowest BCUT2D eigenvalue weighted by molar-refractivity contribution is -0.155. The molecule has 3 amide bonds. The lowest BCUT2D eigenvalue weighted by atomic mass is 9.91. The molecule has 0 radical (unpaired) electrons. The molecule has 15 heteroatoms. The first kappa shape index (κ1) is 44.6. The zero-order valence-electron chi connectivity index (χ0n) is 34.1. The van der Waals surface area contributed by atoms with Crippen LogP contribution in [0.3, 0.4) is 0 Å². The van der Waals surface area contributed by atoms with Crippen LogP contribution in [0.5, 0.6) is 5.75 Å². The van der Waals surface area contributed by atoms with E-state index in [1.165, 1.54) is 17.0 Å². The highest BCUT2D eigenvalue weighted by Gasteiger charge is 2.32. The Hall–Kier alpha value is -5.46. The van der Waals surface area contributed by atoms with E-state index in [9.17, 15) is 32.7 Å². The topological polar surface area (TPSA) is 182 Å². The van der Waals surface area contributed by atoms with Crippen molar-refractivity contribution in [1.82, 2.24) is 20.1 Å². The van der Waals surface area contributed by atoms with E-state index in [4.69, 9.17) is 13.7 Å². The molecule has 59 heavy (non-hydrogen) atoms. The Morgan fingerprint density at radius 2 is 1.66 bits per heavy atom. The zero-order chi connectivity index (χ0) is 42.6. The Kier molecular flexibility index (Phi) is 15.5. The number of benzene rings is 2. The van der Waals surface area contributed by atoms with Gasteiger partial charge in [-0.15, -0.1) is 0 Å². The molecule has 0 saturated carbocycles. The van der Waals surface area contributed by atoms with Gasteiger partial charge in [-0.1, -0.05) is 35.6 Å². The van der Waals surface area contributed by atoms with Crippen molar-refractivity contribution in [2.75, 3.05) is 39.4 Å². The van der Waals surface area contributed by atoms with Crippen molar-refractivity contribution in [3.05, 3.63) is 89.2 Å². The second kappa shape index (κ2) is 20.5. The predicted molar refractivity (Wildman–Crippen MR) is 219 cm³/mol. The summed E-state index contributed by atoms with van der Waals surface area (Å²) < 4.78 is 41.4. The molecule has 2 saturated heterocycles. The minimum atomic E-state index is -3.91. The molecule has 2 aliphatic rings. The van der Waals surface area contributed by atoms with Gasteiger partial charge in [0.05, 0.1) is 23.3 Å². The molecule has 1 aromatic heterocycles. The highest BCUT2D eigenvalue weighted by molar-refractivity contribution is 7.86. The van der Waals surface area contributed by atoms with Gasteiger partial charge in [0.2, 0.25) is 11.8 Å². The molecule has 2 fully saturated rings. The molecule has 0 unspecified atom stereocenters. The van der Waals surface area contributed by atoms with Crippen LogP contribution in [-0.4, -0.2) is 97.2 Å². The van der Waals surface area contributed by atoms with Gasteiger partial charge in [-0.2, -0.15) is 8.42 Å². The van der Waals surface area contributed by atoms with Crippen molar-refractivity contribution in [1.29, 1.82) is 0 Å². The van der Waals surface area contributed by atoms with Gasteiger partial charge in [0.1, 0.15) is 24.6 Å². The molecule has 2 aliphatic heterocycles. The molecule has 5 rings (SSSR count). The van der Waals surface area contributed by atoms with Gasteiger partial charge in [0, 0.05) is 56.1 Å². The molecule has 316 valence electrons. The average molecular weight is 831 g/mol. The normalized spacial score (nSPS) is 16.6. The first-order valence-corrected chi connectivity index (χ1v) is 21.4. The summed E-state index contributed by atoms with van der Waals surface area (Å²) in [5.41, 5.74) is 1.92. The van der Waals surface area contributed by atoms with E-state index in [1.54, 1.807) is 80.5 Å². The Bertz CT molecular complexity index is 2120. The number of carbonyl (C=O) groups excluding carboxylic acids is 3. The summed E-state index contributed by atoms with van der Waals surface area (Å²) in [5, 5.41) is 12.3. The fourth-order valence-electron chi connectivity index (χ4n) is 7.01. The number of ether oxygens (including phenoxy) is 2. The van der Waals surface area contributed by atoms with Crippen LogP contribution in [0.25, 0.3) is 0 Å². The smallest absolute Gasteiger partial charge is 0.407 e. The molecule has 0 bridgehead atoms. The van der Waals surface area contributed by atoms with E-state index in [0.29, 0.717) is 67.8 Å². The van der Waals surface area contributed by atoms with E-state index in [2.05, 4.69) is 22.1 Å². The number of hydrogen-bond donors (Lipinski definition) is 2. The van der Waals surface area contributed by atoms with Gasteiger partial charge in [-0.25, -0.2) is 4.79 Å². The van der Waals surface area contributed by atoms with Crippen LogP contribution < -0.4 is 10.1 Å². The van der Waals surface area contributed by atoms with E-state index < -0.39 is 39.7 Å². The lowest BCUT2D eigenvalue weighted by Gasteiger charge is -2.34. The molecule has 0 aliphatic carbocycles. The number of carbonyl (C=O) groups is 4. The lowest BCUT2D eigenvalue weighted by Crippen LogP contribution is -2.46. The number of nitrogens with zero attached hydrogens (tertiary/aromatic N) is 3. The highest BCUT2D eigenvalue weighted by Crippen LogP contribution is 2.26. The number of pyridine rings is 1. The molecular formula is C44H54N4O10S. The SMILES string of the molecule is Cc1ccc(S(=O)(=O)OCCOc2cccc(C#Cc3cncc([C@H](CC(=O)OC(C)(C)C)NC(=O)[C@@H]4CCCN(C(=O)CCC5CCN(C(=O)O)CC5)C4)c3)c2)cc1. The van der Waals surface area contributed by atoms with Gasteiger partial charge in [-0.05, 0) is 108 Å². The second-order valence-electron chi connectivity index (χ2n) is 16.0. The summed E-state index contributed by atoms with van der Waals surface area (Å²) in [5.74, 6) is 5.68. The number of hydrogen-bond acceptors (Lipinski definition) is 10. The van der Waals surface area contributed by atoms with Crippen molar-refractivity contribution in [3.8, 4) is 17.6 Å². The number of likely N-dealkylation sites (tertiary alicyclic amines) is 2. The maximum absolute atomic E-state index is 13.8. The number of esters is 1. The largest absolute Gasteiger partial charge is 0.491 e. The van der Waals surface area contributed by atoms with Crippen LogP contribution in [0, 0.1) is 30.6 Å². The maximum Gasteiger partial charge on any atom is 0.407 e. The van der Waals surface area contributed by atoms with Crippen LogP contribution >= 0.6 is 0 Å². The van der Waals surface area contributed by atoms with Gasteiger partial charge in [-0.3, -0.25) is 23.6 Å². The number of amides is 3. The molecule has 0 spiro atoms. The first-order valence-electron chi connectivity index (χ1n) is 20.0. The number of aromatic nitrogens is 1. The van der Waals surface area contributed by atoms with Crippen LogP contribution in [0.15, 0.2) is 71.9 Å². The van der Waals surface area contributed by atoms with Crippen LogP contribution in [-0.2, 0) is 33.4 Å². The van der Waals surface area contributed by atoms with Gasteiger partial charge in [0.25, 0.3) is 10.1 Å². The summed E-state index contributed by atoms with van der Waals surface area (Å²) in [4.78, 5) is 59.0. The van der Waals surface area contributed by atoms with Gasteiger partial charge >= 0.3 is 12.1 Å². The Balaban J connectivity index is 1.20. The Morgan fingerprint density at radius 1 is 0.932 bits per heavy atom. The molecule has 2 atom stereocenters. The van der Waals surface area contributed by atoms with E-state index in [1.807, 2.05) is 6.92 Å². The quantitative estimate of drug-likeness (QED) is 0.0858. The van der Waals surface area contributed by atoms with Crippen molar-refractivity contribution < 1.29 is 46.4 Å². The summed E-state index contributed by atoms with van der Waals surface area (Å²) in [7, 11) is -3.91. The monoisotopic (exact) mass is 830 g/mol. The van der Waals surface area contributed by atoms with Crippen LogP contribution in [0.4, 0.5) is 4.79 Å². The van der Waals surface area contributed by atoms with Crippen LogP contribution in [0.1, 0.15) is 94.0 Å². The standard InChI is InChI=1S/C44H54N4O10S/c1-31-10-15-38(16-11-31)59(54,55)57-24-23-56-37-9-5-7-33(26-37)12-13-34-25-36(29-45-28-34)39(27-41(50)58-44(2,3)4)46-42(51)35-8-6-20-48(30-35)40(49)17-14-32-18-21-47(22-19-32)43(52)53/h5,7,9-11,15-16,25-26,28-29,32,35,39H,6,8,14,17-24,27,30H2,1-4H3,(H,46,51)(H,52,53)/t35-,39+/m1/s1. The van der Waals surface area contributed by atoms with Crippen LogP contribution in [0.2, 0.25) is 0 Å². The number of carboxylic acid groups (broad SMARTS) is 1. The maximum atomic E-state index is 13.8. The van der Waals surface area contributed by atoms with Gasteiger partial charge < -0.3 is 29.7 Å². The minimum Gasteiger partial charge on any atom is -0.491 e. The van der Waals surface area contributed by atoms with Gasteiger partial charge in [0.15, 0.2) is 0 Å².